The summed E-state index contributed by atoms with van der Waals surface area (Å²) in [5, 5.41) is 0.423. The van der Waals surface area contributed by atoms with Crippen LogP contribution in [0.15, 0.2) is 54.6 Å². The van der Waals surface area contributed by atoms with Crippen molar-refractivity contribution < 1.29 is 14.3 Å². The number of benzene rings is 2. The number of hydrazine groups is 1. The third kappa shape index (κ3) is 5.80. The highest BCUT2D eigenvalue weighted by molar-refractivity contribution is 6.32. The van der Waals surface area contributed by atoms with Crippen molar-refractivity contribution in [2.75, 3.05) is 6.61 Å². The van der Waals surface area contributed by atoms with Crippen LogP contribution in [0, 0.1) is 0 Å². The first-order valence-corrected chi connectivity index (χ1v) is 8.50. The third-order valence-corrected chi connectivity index (χ3v) is 3.93. The molecule has 0 fully saturated rings. The molecule has 6 heteroatoms. The van der Waals surface area contributed by atoms with Gasteiger partial charge in [0, 0.05) is 0 Å². The molecule has 0 bridgehead atoms. The maximum Gasteiger partial charge on any atom is 0.276 e. The fraction of sp³-hybridized carbons (Fsp3) is 0.263. The smallest absolute Gasteiger partial charge is 0.276 e. The molecule has 2 N–H and O–H groups in total. The first-order chi connectivity index (χ1) is 12.1. The molecule has 0 aliphatic heterocycles. The first kappa shape index (κ1) is 18.8. The summed E-state index contributed by atoms with van der Waals surface area (Å²) < 4.78 is 5.33. The van der Waals surface area contributed by atoms with Crippen molar-refractivity contribution in [3.05, 3.63) is 65.2 Å². The summed E-state index contributed by atoms with van der Waals surface area (Å²) in [6.45, 7) is 1.77. The number of rotatable bonds is 7. The predicted octanol–water partition coefficient (Wildman–Crippen LogP) is 3.45. The second-order valence-corrected chi connectivity index (χ2v) is 5.92. The lowest BCUT2D eigenvalue weighted by Crippen LogP contribution is -2.45. The van der Waals surface area contributed by atoms with Crippen LogP contribution in [-0.2, 0) is 9.59 Å². The number of halogens is 1. The van der Waals surface area contributed by atoms with E-state index in [1.165, 1.54) is 0 Å². The van der Waals surface area contributed by atoms with E-state index < -0.39 is 5.91 Å². The summed E-state index contributed by atoms with van der Waals surface area (Å²) in [4.78, 5) is 24.2. The summed E-state index contributed by atoms with van der Waals surface area (Å²) in [6, 6.07) is 16.4. The van der Waals surface area contributed by atoms with Crippen LogP contribution in [0.1, 0.15) is 31.2 Å². The van der Waals surface area contributed by atoms with Gasteiger partial charge in [-0.3, -0.25) is 20.4 Å². The van der Waals surface area contributed by atoms with Crippen LogP contribution in [0.5, 0.6) is 5.75 Å². The van der Waals surface area contributed by atoms with Crippen molar-refractivity contribution in [3.8, 4) is 5.75 Å². The van der Waals surface area contributed by atoms with Gasteiger partial charge in [0.2, 0.25) is 5.91 Å². The van der Waals surface area contributed by atoms with Gasteiger partial charge in [-0.2, -0.15) is 0 Å². The van der Waals surface area contributed by atoms with Gasteiger partial charge in [0.05, 0.1) is 10.9 Å². The molecule has 5 nitrogen and oxygen atoms in total. The van der Waals surface area contributed by atoms with Crippen LogP contribution < -0.4 is 15.6 Å². The Morgan fingerprint density at radius 3 is 2.40 bits per heavy atom. The van der Waals surface area contributed by atoms with Crippen LogP contribution in [0.2, 0.25) is 5.02 Å². The number of hydrogen-bond acceptors (Lipinski definition) is 3. The van der Waals surface area contributed by atoms with Crippen LogP contribution >= 0.6 is 11.6 Å². The topological polar surface area (TPSA) is 67.4 Å². The van der Waals surface area contributed by atoms with Gasteiger partial charge in [0.25, 0.3) is 5.91 Å². The molecule has 2 aromatic rings. The van der Waals surface area contributed by atoms with E-state index in [-0.39, 0.29) is 18.4 Å². The number of amides is 2. The minimum atomic E-state index is -0.462. The van der Waals surface area contributed by atoms with Gasteiger partial charge in [0.15, 0.2) is 6.61 Å². The molecule has 0 unspecified atom stereocenters. The second-order valence-electron chi connectivity index (χ2n) is 5.51. The summed E-state index contributed by atoms with van der Waals surface area (Å²) in [6.07, 6.45) is 1.55. The normalized spacial score (nSPS) is 11.4. The molecule has 0 heterocycles. The molecular weight excluding hydrogens is 340 g/mol. The highest BCUT2D eigenvalue weighted by Gasteiger charge is 2.20. The van der Waals surface area contributed by atoms with E-state index >= 15 is 0 Å². The van der Waals surface area contributed by atoms with Crippen molar-refractivity contribution in [2.24, 2.45) is 0 Å². The quantitative estimate of drug-likeness (QED) is 0.743. The number of carbonyl (C=O) groups excluding carboxylic acids is 2. The molecule has 0 spiro atoms. The maximum atomic E-state index is 12.4. The monoisotopic (exact) mass is 360 g/mol. The van der Waals surface area contributed by atoms with Crippen LogP contribution in [0.3, 0.4) is 0 Å². The Hall–Kier alpha value is -2.53. The third-order valence-electron chi connectivity index (χ3n) is 3.62. The Kier molecular flexibility index (Phi) is 7.29. The van der Waals surface area contributed by atoms with Gasteiger partial charge >= 0.3 is 0 Å². The summed E-state index contributed by atoms with van der Waals surface area (Å²) in [5.74, 6) is -0.606. The predicted molar refractivity (Wildman–Crippen MR) is 97.3 cm³/mol. The average molecular weight is 361 g/mol. The molecule has 0 aliphatic rings. The molecule has 2 rings (SSSR count). The van der Waals surface area contributed by atoms with E-state index in [0.29, 0.717) is 17.2 Å². The summed E-state index contributed by atoms with van der Waals surface area (Å²) >= 11 is 5.95. The average Bonchev–Trinajstić information content (AvgIpc) is 2.64. The maximum absolute atomic E-state index is 12.4. The second kappa shape index (κ2) is 9.69. The van der Waals surface area contributed by atoms with Crippen molar-refractivity contribution in [1.29, 1.82) is 0 Å². The van der Waals surface area contributed by atoms with Gasteiger partial charge in [0.1, 0.15) is 5.75 Å². The summed E-state index contributed by atoms with van der Waals surface area (Å²) in [7, 11) is 0. The SMILES string of the molecule is CCC[C@H](C(=O)NNC(=O)COc1ccccc1Cl)c1ccccc1. The minimum absolute atomic E-state index is 0.242. The minimum Gasteiger partial charge on any atom is -0.482 e. The highest BCUT2D eigenvalue weighted by Crippen LogP contribution is 2.23. The van der Waals surface area contributed by atoms with E-state index in [4.69, 9.17) is 16.3 Å². The van der Waals surface area contributed by atoms with E-state index in [2.05, 4.69) is 10.9 Å². The Balaban J connectivity index is 1.85. The Bertz CT molecular complexity index is 707. The number of nitrogens with one attached hydrogen (secondary N) is 2. The lowest BCUT2D eigenvalue weighted by Gasteiger charge is -2.17. The van der Waals surface area contributed by atoms with Gasteiger partial charge in [-0.25, -0.2) is 0 Å². The van der Waals surface area contributed by atoms with Crippen molar-refractivity contribution >= 4 is 23.4 Å². The lowest BCUT2D eigenvalue weighted by molar-refractivity contribution is -0.130. The van der Waals surface area contributed by atoms with E-state index in [9.17, 15) is 9.59 Å². The zero-order chi connectivity index (χ0) is 18.1. The van der Waals surface area contributed by atoms with Crippen molar-refractivity contribution in [3.63, 3.8) is 0 Å². The molecule has 2 amide bonds. The van der Waals surface area contributed by atoms with Crippen LogP contribution in [0.25, 0.3) is 0 Å². The number of para-hydroxylation sites is 1. The van der Waals surface area contributed by atoms with E-state index in [1.54, 1.807) is 24.3 Å². The number of carbonyl (C=O) groups is 2. The fourth-order valence-electron chi connectivity index (χ4n) is 2.38. The number of ether oxygens (including phenoxy) is 1. The van der Waals surface area contributed by atoms with E-state index in [1.807, 2.05) is 37.3 Å². The van der Waals surface area contributed by atoms with Gasteiger partial charge in [-0.15, -0.1) is 0 Å². The summed E-state index contributed by atoms with van der Waals surface area (Å²) in [5.41, 5.74) is 5.76. The molecule has 0 aromatic heterocycles. The van der Waals surface area contributed by atoms with Crippen molar-refractivity contribution in [2.45, 2.75) is 25.7 Å². The fourth-order valence-corrected chi connectivity index (χ4v) is 2.57. The van der Waals surface area contributed by atoms with Crippen molar-refractivity contribution in [1.82, 2.24) is 10.9 Å². The largest absolute Gasteiger partial charge is 0.482 e. The van der Waals surface area contributed by atoms with E-state index in [0.717, 1.165) is 12.0 Å². The molecular formula is C19H21ClN2O3. The highest BCUT2D eigenvalue weighted by atomic mass is 35.5. The van der Waals surface area contributed by atoms with Crippen LogP contribution in [0.4, 0.5) is 0 Å². The van der Waals surface area contributed by atoms with Gasteiger partial charge in [-0.1, -0.05) is 67.4 Å². The molecule has 132 valence electrons. The number of hydrogen-bond donors (Lipinski definition) is 2. The Labute approximate surface area is 152 Å². The Morgan fingerprint density at radius 1 is 1.04 bits per heavy atom. The molecule has 0 saturated heterocycles. The van der Waals surface area contributed by atoms with Gasteiger partial charge in [-0.05, 0) is 24.1 Å². The Morgan fingerprint density at radius 2 is 1.72 bits per heavy atom. The molecule has 0 aliphatic carbocycles. The molecule has 25 heavy (non-hydrogen) atoms. The molecule has 2 aromatic carbocycles. The molecule has 1 atom stereocenters. The molecule has 0 saturated carbocycles. The van der Waals surface area contributed by atoms with Crippen LogP contribution in [-0.4, -0.2) is 18.4 Å². The molecule has 0 radical (unpaired) electrons. The first-order valence-electron chi connectivity index (χ1n) is 8.12. The van der Waals surface area contributed by atoms with Gasteiger partial charge < -0.3 is 4.74 Å². The zero-order valence-electron chi connectivity index (χ0n) is 14.0. The standard InChI is InChI=1S/C19H21ClN2O3/c1-2-8-15(14-9-4-3-5-10-14)19(24)22-21-18(23)13-25-17-12-7-6-11-16(17)20/h3-7,9-12,15H,2,8,13H2,1H3,(H,21,23)(H,22,24)/t15-/m0/s1. The lowest BCUT2D eigenvalue weighted by atomic mass is 9.94. The zero-order valence-corrected chi connectivity index (χ0v) is 14.8.